The predicted molar refractivity (Wildman–Crippen MR) is 78.6 cm³/mol. The van der Waals surface area contributed by atoms with Gasteiger partial charge in [-0.1, -0.05) is 0 Å². The van der Waals surface area contributed by atoms with Gasteiger partial charge in [-0.25, -0.2) is 0 Å². The van der Waals surface area contributed by atoms with Crippen LogP contribution in [0.5, 0.6) is 5.75 Å². The molecular weight excluding hydrogens is 252 g/mol. The largest absolute Gasteiger partial charge is 0.484 e. The van der Waals surface area contributed by atoms with Crippen LogP contribution in [0, 0.1) is 6.92 Å². The van der Waals surface area contributed by atoms with Crippen molar-refractivity contribution in [3.05, 3.63) is 47.7 Å². The van der Waals surface area contributed by atoms with Crippen LogP contribution in [0.3, 0.4) is 0 Å². The Morgan fingerprint density at radius 3 is 2.80 bits per heavy atom. The van der Waals surface area contributed by atoms with Crippen molar-refractivity contribution in [2.75, 3.05) is 0 Å². The summed E-state index contributed by atoms with van der Waals surface area (Å²) in [4.78, 5) is 4.01. The van der Waals surface area contributed by atoms with Crippen molar-refractivity contribution < 1.29 is 9.15 Å². The van der Waals surface area contributed by atoms with E-state index in [4.69, 9.17) is 9.15 Å². The van der Waals surface area contributed by atoms with Crippen LogP contribution >= 0.6 is 0 Å². The first-order chi connectivity index (χ1) is 9.44. The number of ether oxygens (including phenoxy) is 1. The van der Waals surface area contributed by atoms with Crippen molar-refractivity contribution in [2.24, 2.45) is 0 Å². The first-order valence-corrected chi connectivity index (χ1v) is 6.80. The molecule has 0 aliphatic rings. The average molecular weight is 274 g/mol. The van der Waals surface area contributed by atoms with Crippen LogP contribution in [-0.2, 0) is 13.2 Å². The van der Waals surface area contributed by atoms with Gasteiger partial charge < -0.3 is 14.5 Å². The first kappa shape index (κ1) is 14.6. The number of aryl methyl sites for hydroxylation is 1. The number of furan rings is 1. The summed E-state index contributed by atoms with van der Waals surface area (Å²) in [6.07, 6.45) is 3.41. The molecule has 20 heavy (non-hydrogen) atoms. The fourth-order valence-electron chi connectivity index (χ4n) is 1.78. The van der Waals surface area contributed by atoms with Crippen molar-refractivity contribution in [1.82, 2.24) is 10.3 Å². The van der Waals surface area contributed by atoms with Crippen LogP contribution in [0.2, 0.25) is 0 Å². The van der Waals surface area contributed by atoms with Crippen LogP contribution in [-0.4, -0.2) is 10.5 Å². The summed E-state index contributed by atoms with van der Waals surface area (Å²) < 4.78 is 11.3. The molecule has 4 nitrogen and oxygen atoms in total. The summed E-state index contributed by atoms with van der Waals surface area (Å²) in [5, 5.41) is 3.46. The van der Waals surface area contributed by atoms with Crippen molar-refractivity contribution in [1.29, 1.82) is 0 Å². The average Bonchev–Trinajstić information content (AvgIpc) is 2.75. The number of pyridine rings is 1. The maximum Gasteiger partial charge on any atom is 0.146 e. The molecule has 0 amide bonds. The second-order valence-corrected chi connectivity index (χ2v) is 5.88. The molecule has 2 aromatic heterocycles. The predicted octanol–water partition coefficient (Wildman–Crippen LogP) is 3.45. The molecule has 0 saturated carbocycles. The lowest BCUT2D eigenvalue weighted by molar-refractivity contribution is 0.266. The van der Waals surface area contributed by atoms with Crippen LogP contribution in [0.4, 0.5) is 0 Å². The van der Waals surface area contributed by atoms with Gasteiger partial charge in [0.15, 0.2) is 0 Å². The zero-order chi connectivity index (χ0) is 14.6. The molecule has 0 aliphatic heterocycles. The van der Waals surface area contributed by atoms with E-state index in [-0.39, 0.29) is 5.54 Å². The Morgan fingerprint density at radius 1 is 1.35 bits per heavy atom. The summed E-state index contributed by atoms with van der Waals surface area (Å²) >= 11 is 0. The highest BCUT2D eigenvalue weighted by atomic mass is 16.5. The molecular formula is C16H22N2O2. The SMILES string of the molecule is Cc1oc(COc2cccnc2)cc1CNC(C)(C)C. The lowest BCUT2D eigenvalue weighted by Gasteiger charge is -2.20. The molecule has 0 aromatic carbocycles. The summed E-state index contributed by atoms with van der Waals surface area (Å²) in [6, 6.07) is 5.77. The van der Waals surface area contributed by atoms with E-state index in [1.807, 2.05) is 25.1 Å². The number of nitrogens with zero attached hydrogens (tertiary/aromatic N) is 1. The van der Waals surface area contributed by atoms with E-state index in [9.17, 15) is 0 Å². The van der Waals surface area contributed by atoms with Gasteiger partial charge >= 0.3 is 0 Å². The zero-order valence-corrected chi connectivity index (χ0v) is 12.6. The normalized spacial score (nSPS) is 11.6. The minimum absolute atomic E-state index is 0.0933. The van der Waals surface area contributed by atoms with E-state index >= 15 is 0 Å². The molecule has 0 fully saturated rings. The van der Waals surface area contributed by atoms with Crippen LogP contribution < -0.4 is 10.1 Å². The summed E-state index contributed by atoms with van der Waals surface area (Å²) in [7, 11) is 0. The Balaban J connectivity index is 1.93. The molecule has 4 heteroatoms. The van der Waals surface area contributed by atoms with Gasteiger partial charge in [0.1, 0.15) is 23.9 Å². The number of nitrogens with one attached hydrogen (secondary N) is 1. The second kappa shape index (κ2) is 6.09. The van der Waals surface area contributed by atoms with Crippen molar-refractivity contribution in [3.8, 4) is 5.75 Å². The molecule has 0 atom stereocenters. The highest BCUT2D eigenvalue weighted by molar-refractivity contribution is 5.21. The highest BCUT2D eigenvalue weighted by Crippen LogP contribution is 2.18. The topological polar surface area (TPSA) is 47.3 Å². The van der Waals surface area contributed by atoms with E-state index in [1.54, 1.807) is 12.4 Å². The van der Waals surface area contributed by atoms with Crippen LogP contribution in [0.25, 0.3) is 0 Å². The Hall–Kier alpha value is -1.81. The van der Waals surface area contributed by atoms with E-state index < -0.39 is 0 Å². The maximum atomic E-state index is 5.72. The van der Waals surface area contributed by atoms with Gasteiger partial charge in [-0.3, -0.25) is 4.98 Å². The van der Waals surface area contributed by atoms with Crippen LogP contribution in [0.15, 0.2) is 35.0 Å². The van der Waals surface area contributed by atoms with E-state index in [1.165, 1.54) is 5.56 Å². The molecule has 108 valence electrons. The minimum atomic E-state index is 0.0933. The van der Waals surface area contributed by atoms with Gasteiger partial charge in [0, 0.05) is 23.8 Å². The molecule has 2 aromatic rings. The van der Waals surface area contributed by atoms with Gasteiger partial charge in [0.05, 0.1) is 6.20 Å². The summed E-state index contributed by atoms with van der Waals surface area (Å²) in [5.74, 6) is 2.51. The first-order valence-electron chi connectivity index (χ1n) is 6.80. The quantitative estimate of drug-likeness (QED) is 0.907. The van der Waals surface area contributed by atoms with Gasteiger partial charge in [-0.05, 0) is 45.9 Å². The third kappa shape index (κ3) is 4.38. The fourth-order valence-corrected chi connectivity index (χ4v) is 1.78. The third-order valence-electron chi connectivity index (χ3n) is 2.90. The number of rotatable bonds is 5. The Labute approximate surface area is 120 Å². The minimum Gasteiger partial charge on any atom is -0.484 e. The summed E-state index contributed by atoms with van der Waals surface area (Å²) in [5.41, 5.74) is 1.26. The molecule has 2 heterocycles. The molecule has 0 aliphatic carbocycles. The third-order valence-corrected chi connectivity index (χ3v) is 2.90. The standard InChI is InChI=1S/C16H22N2O2/c1-12-13(9-18-16(2,3)4)8-15(20-12)11-19-14-6-5-7-17-10-14/h5-8,10,18H,9,11H2,1-4H3. The Bertz CT molecular complexity index is 541. The van der Waals surface area contributed by atoms with E-state index in [2.05, 4.69) is 31.1 Å². The number of aromatic nitrogens is 1. The zero-order valence-electron chi connectivity index (χ0n) is 12.6. The molecule has 0 bridgehead atoms. The highest BCUT2D eigenvalue weighted by Gasteiger charge is 2.12. The summed E-state index contributed by atoms with van der Waals surface area (Å²) in [6.45, 7) is 9.64. The van der Waals surface area contributed by atoms with E-state index in [0.29, 0.717) is 6.61 Å². The van der Waals surface area contributed by atoms with Gasteiger partial charge in [0.25, 0.3) is 0 Å². The molecule has 2 rings (SSSR count). The number of hydrogen-bond donors (Lipinski definition) is 1. The lowest BCUT2D eigenvalue weighted by Crippen LogP contribution is -2.35. The maximum absolute atomic E-state index is 5.72. The van der Waals surface area contributed by atoms with Gasteiger partial charge in [-0.15, -0.1) is 0 Å². The second-order valence-electron chi connectivity index (χ2n) is 5.88. The molecule has 0 radical (unpaired) electrons. The van der Waals surface area contributed by atoms with Crippen molar-refractivity contribution in [3.63, 3.8) is 0 Å². The monoisotopic (exact) mass is 274 g/mol. The lowest BCUT2D eigenvalue weighted by atomic mass is 10.1. The van der Waals surface area contributed by atoms with Crippen molar-refractivity contribution >= 4 is 0 Å². The molecule has 0 unspecified atom stereocenters. The van der Waals surface area contributed by atoms with Gasteiger partial charge in [-0.2, -0.15) is 0 Å². The Morgan fingerprint density at radius 2 is 2.15 bits per heavy atom. The smallest absolute Gasteiger partial charge is 0.146 e. The van der Waals surface area contributed by atoms with Crippen LogP contribution in [0.1, 0.15) is 37.9 Å². The van der Waals surface area contributed by atoms with Gasteiger partial charge in [0.2, 0.25) is 0 Å². The molecule has 0 saturated heterocycles. The molecule has 1 N–H and O–H groups in total. The van der Waals surface area contributed by atoms with E-state index in [0.717, 1.165) is 23.8 Å². The number of hydrogen-bond acceptors (Lipinski definition) is 4. The molecule has 0 spiro atoms. The fraction of sp³-hybridized carbons (Fsp3) is 0.438. The van der Waals surface area contributed by atoms with Crippen molar-refractivity contribution in [2.45, 2.75) is 46.4 Å². The Kier molecular flexibility index (Phi) is 4.45.